The summed E-state index contributed by atoms with van der Waals surface area (Å²) in [6.07, 6.45) is 3.74. The molecule has 31 heavy (non-hydrogen) atoms. The van der Waals surface area contributed by atoms with E-state index >= 15 is 0 Å². The normalized spacial score (nSPS) is 17.7. The summed E-state index contributed by atoms with van der Waals surface area (Å²) < 4.78 is 5.45. The average Bonchev–Trinajstić information content (AvgIpc) is 3.53. The van der Waals surface area contributed by atoms with Gasteiger partial charge in [0.25, 0.3) is 0 Å². The van der Waals surface area contributed by atoms with E-state index in [-0.39, 0.29) is 0 Å². The second-order valence-electron chi connectivity index (χ2n) is 7.78. The van der Waals surface area contributed by atoms with Crippen LogP contribution in [0.1, 0.15) is 0 Å². The third-order valence-corrected chi connectivity index (χ3v) is 5.89. The maximum absolute atomic E-state index is 5.45. The summed E-state index contributed by atoms with van der Waals surface area (Å²) in [5, 5.41) is 10.4. The fourth-order valence-corrected chi connectivity index (χ4v) is 4.28. The SMILES string of the molecule is c1cc(N2CCOCC2)ccc1NC1=Nc2ccc(-c3cn[nH]c3)cc2N2CCN=C12. The molecular formula is C23H23N7O. The van der Waals surface area contributed by atoms with Crippen LogP contribution in [0.2, 0.25) is 0 Å². The Kier molecular flexibility index (Phi) is 4.42. The summed E-state index contributed by atoms with van der Waals surface area (Å²) in [4.78, 5) is 14.2. The van der Waals surface area contributed by atoms with E-state index in [1.165, 1.54) is 5.69 Å². The van der Waals surface area contributed by atoms with Crippen molar-refractivity contribution < 1.29 is 4.74 Å². The van der Waals surface area contributed by atoms with Crippen LogP contribution in [-0.4, -0.2) is 61.3 Å². The number of amidine groups is 2. The van der Waals surface area contributed by atoms with Crippen molar-refractivity contribution in [3.8, 4) is 11.1 Å². The summed E-state index contributed by atoms with van der Waals surface area (Å²) in [7, 11) is 0. The highest BCUT2D eigenvalue weighted by atomic mass is 16.5. The number of hydrogen-bond donors (Lipinski definition) is 2. The Bertz CT molecular complexity index is 1150. The van der Waals surface area contributed by atoms with E-state index in [4.69, 9.17) is 14.7 Å². The number of nitrogens with zero attached hydrogens (tertiary/aromatic N) is 5. The Morgan fingerprint density at radius 3 is 2.65 bits per heavy atom. The van der Waals surface area contributed by atoms with Crippen LogP contribution in [-0.2, 0) is 4.74 Å². The first kappa shape index (κ1) is 18.1. The molecule has 0 saturated carbocycles. The Morgan fingerprint density at radius 1 is 0.968 bits per heavy atom. The van der Waals surface area contributed by atoms with Gasteiger partial charge in [-0.2, -0.15) is 5.10 Å². The van der Waals surface area contributed by atoms with Crippen molar-refractivity contribution in [2.24, 2.45) is 9.98 Å². The highest BCUT2D eigenvalue weighted by molar-refractivity contribution is 6.51. The van der Waals surface area contributed by atoms with Crippen molar-refractivity contribution in [3.05, 3.63) is 54.9 Å². The Balaban J connectivity index is 1.28. The summed E-state index contributed by atoms with van der Waals surface area (Å²) >= 11 is 0. The molecule has 0 bridgehead atoms. The van der Waals surface area contributed by atoms with E-state index in [9.17, 15) is 0 Å². The number of anilines is 3. The van der Waals surface area contributed by atoms with E-state index in [0.29, 0.717) is 0 Å². The van der Waals surface area contributed by atoms with Gasteiger partial charge in [-0.25, -0.2) is 4.99 Å². The third kappa shape index (κ3) is 3.34. The van der Waals surface area contributed by atoms with Crippen LogP contribution in [0.4, 0.5) is 22.7 Å². The molecule has 0 radical (unpaired) electrons. The zero-order valence-electron chi connectivity index (χ0n) is 17.1. The highest BCUT2D eigenvalue weighted by Crippen LogP contribution is 2.38. The largest absolute Gasteiger partial charge is 0.378 e. The highest BCUT2D eigenvalue weighted by Gasteiger charge is 2.30. The monoisotopic (exact) mass is 413 g/mol. The molecule has 2 aromatic carbocycles. The lowest BCUT2D eigenvalue weighted by Gasteiger charge is -2.29. The van der Waals surface area contributed by atoms with Gasteiger partial charge in [0.2, 0.25) is 0 Å². The van der Waals surface area contributed by atoms with Gasteiger partial charge in [0.05, 0.1) is 37.3 Å². The number of benzene rings is 2. The fraction of sp³-hybridized carbons (Fsp3) is 0.261. The van der Waals surface area contributed by atoms with Gasteiger partial charge in [0, 0.05) is 42.8 Å². The molecule has 2 N–H and O–H groups in total. The van der Waals surface area contributed by atoms with E-state index in [1.54, 1.807) is 0 Å². The van der Waals surface area contributed by atoms with Crippen LogP contribution in [0.25, 0.3) is 11.1 Å². The number of fused-ring (bicyclic) bond motifs is 3. The Morgan fingerprint density at radius 2 is 1.84 bits per heavy atom. The number of morpholine rings is 1. The second-order valence-corrected chi connectivity index (χ2v) is 7.78. The van der Waals surface area contributed by atoms with Crippen molar-refractivity contribution in [3.63, 3.8) is 0 Å². The number of aromatic amines is 1. The molecule has 1 fully saturated rings. The molecule has 1 aromatic heterocycles. The van der Waals surface area contributed by atoms with Gasteiger partial charge in [0.15, 0.2) is 11.7 Å². The number of H-pyrrole nitrogens is 1. The number of aliphatic imine (C=N–C) groups is 2. The molecule has 156 valence electrons. The predicted octanol–water partition coefficient (Wildman–Crippen LogP) is 3.29. The van der Waals surface area contributed by atoms with Crippen LogP contribution in [0.5, 0.6) is 0 Å². The lowest BCUT2D eigenvalue weighted by Crippen LogP contribution is -2.39. The Labute approximate surface area is 180 Å². The third-order valence-electron chi connectivity index (χ3n) is 5.89. The molecule has 8 nitrogen and oxygen atoms in total. The van der Waals surface area contributed by atoms with Gasteiger partial charge in [-0.1, -0.05) is 6.07 Å². The summed E-state index contributed by atoms with van der Waals surface area (Å²) in [5.41, 5.74) is 6.43. The zero-order chi connectivity index (χ0) is 20.6. The molecular weight excluding hydrogens is 390 g/mol. The number of nitrogens with one attached hydrogen (secondary N) is 2. The van der Waals surface area contributed by atoms with Gasteiger partial charge in [-0.3, -0.25) is 10.1 Å². The maximum atomic E-state index is 5.45. The molecule has 0 amide bonds. The topological polar surface area (TPSA) is 81.1 Å². The van der Waals surface area contributed by atoms with Crippen LogP contribution >= 0.6 is 0 Å². The molecule has 1 saturated heterocycles. The summed E-state index contributed by atoms with van der Waals surface area (Å²) in [6, 6.07) is 14.8. The molecule has 0 aliphatic carbocycles. The summed E-state index contributed by atoms with van der Waals surface area (Å²) in [5.74, 6) is 1.69. The molecule has 4 heterocycles. The van der Waals surface area contributed by atoms with Crippen LogP contribution < -0.4 is 15.1 Å². The zero-order valence-corrected chi connectivity index (χ0v) is 17.1. The second kappa shape index (κ2) is 7.55. The first-order valence-electron chi connectivity index (χ1n) is 10.6. The first-order valence-corrected chi connectivity index (χ1v) is 10.6. The minimum absolute atomic E-state index is 0.765. The number of rotatable bonds is 3. The number of aromatic nitrogens is 2. The van der Waals surface area contributed by atoms with E-state index < -0.39 is 0 Å². The van der Waals surface area contributed by atoms with Gasteiger partial charge >= 0.3 is 0 Å². The molecule has 0 atom stereocenters. The lowest BCUT2D eigenvalue weighted by molar-refractivity contribution is 0.122. The number of hydrogen-bond acceptors (Lipinski definition) is 7. The van der Waals surface area contributed by atoms with Gasteiger partial charge in [-0.15, -0.1) is 0 Å². The fourth-order valence-electron chi connectivity index (χ4n) is 4.28. The van der Waals surface area contributed by atoms with Crippen LogP contribution in [0.3, 0.4) is 0 Å². The Hall–Kier alpha value is -3.65. The van der Waals surface area contributed by atoms with E-state index in [2.05, 4.69) is 67.8 Å². The molecule has 3 aliphatic rings. The van der Waals surface area contributed by atoms with Gasteiger partial charge < -0.3 is 19.9 Å². The van der Waals surface area contributed by atoms with Crippen molar-refractivity contribution in [2.75, 3.05) is 54.5 Å². The minimum Gasteiger partial charge on any atom is -0.378 e. The lowest BCUT2D eigenvalue weighted by atomic mass is 10.1. The molecule has 3 aliphatic heterocycles. The smallest absolute Gasteiger partial charge is 0.174 e. The van der Waals surface area contributed by atoms with Crippen molar-refractivity contribution in [2.45, 2.75) is 0 Å². The van der Waals surface area contributed by atoms with Crippen LogP contribution in [0.15, 0.2) is 64.8 Å². The van der Waals surface area contributed by atoms with Crippen LogP contribution in [0, 0.1) is 0 Å². The molecule has 8 heteroatoms. The van der Waals surface area contributed by atoms with Gasteiger partial charge in [0.1, 0.15) is 0 Å². The molecule has 0 spiro atoms. The van der Waals surface area contributed by atoms with Crippen molar-refractivity contribution >= 4 is 34.4 Å². The molecule has 0 unspecified atom stereocenters. The average molecular weight is 413 g/mol. The minimum atomic E-state index is 0.765. The van der Waals surface area contributed by atoms with E-state index in [1.807, 2.05) is 12.4 Å². The molecule has 3 aromatic rings. The van der Waals surface area contributed by atoms with E-state index in [0.717, 1.165) is 79.3 Å². The van der Waals surface area contributed by atoms with Crippen molar-refractivity contribution in [1.82, 2.24) is 10.2 Å². The summed E-state index contributed by atoms with van der Waals surface area (Å²) in [6.45, 7) is 5.06. The first-order chi connectivity index (χ1) is 15.3. The maximum Gasteiger partial charge on any atom is 0.174 e. The number of ether oxygens (including phenoxy) is 1. The van der Waals surface area contributed by atoms with Crippen molar-refractivity contribution in [1.29, 1.82) is 0 Å². The van der Waals surface area contributed by atoms with Gasteiger partial charge in [-0.05, 0) is 42.0 Å². The predicted molar refractivity (Wildman–Crippen MR) is 124 cm³/mol. The molecule has 6 rings (SSSR count). The standard InChI is InChI=1S/C23H23N7O/c1-6-20-21(13-16(1)17-14-25-26-15-17)30-8-7-24-23(30)22(28-20)27-18-2-4-19(5-3-18)29-9-11-31-12-10-29/h1-6,13-15H,7-12H2,(H,25,26)(H,27,28). The quantitative estimate of drug-likeness (QED) is 0.689.